The molecule has 0 aliphatic carbocycles. The summed E-state index contributed by atoms with van der Waals surface area (Å²) in [6.07, 6.45) is 0.296. The van der Waals surface area contributed by atoms with Gasteiger partial charge in [-0.2, -0.15) is 0 Å². The van der Waals surface area contributed by atoms with Gasteiger partial charge in [0.2, 0.25) is 0 Å². The Bertz CT molecular complexity index is 366. The minimum Gasteiger partial charge on any atom is -0.377 e. The molecule has 1 atom stereocenters. The van der Waals surface area contributed by atoms with Gasteiger partial charge in [-0.05, 0) is 38.9 Å². The Balaban J connectivity index is 2.70. The third-order valence-electron chi connectivity index (χ3n) is 3.20. The summed E-state index contributed by atoms with van der Waals surface area (Å²) in [5, 5.41) is 3.47. The summed E-state index contributed by atoms with van der Waals surface area (Å²) in [5.41, 5.74) is 2.62. The lowest BCUT2D eigenvalue weighted by atomic mass is 10.1. The average Bonchev–Trinajstić information content (AvgIpc) is 2.38. The van der Waals surface area contributed by atoms with E-state index in [-0.39, 0.29) is 0 Å². The van der Waals surface area contributed by atoms with Crippen LogP contribution in [-0.4, -0.2) is 32.8 Å². The van der Waals surface area contributed by atoms with Crippen molar-refractivity contribution < 1.29 is 4.74 Å². The Morgan fingerprint density at radius 3 is 2.53 bits per heavy atom. The van der Waals surface area contributed by atoms with Gasteiger partial charge in [0.15, 0.2) is 0 Å². The van der Waals surface area contributed by atoms with E-state index in [2.05, 4.69) is 69.2 Å². The number of hydrogen-bond donors (Lipinski definition) is 1. The van der Waals surface area contributed by atoms with Crippen LogP contribution in [0.15, 0.2) is 24.3 Å². The van der Waals surface area contributed by atoms with E-state index in [0.29, 0.717) is 12.1 Å². The van der Waals surface area contributed by atoms with Crippen molar-refractivity contribution in [3.8, 4) is 0 Å². The minimum atomic E-state index is 0.296. The van der Waals surface area contributed by atoms with Crippen molar-refractivity contribution in [3.05, 3.63) is 29.8 Å². The molecule has 1 aromatic rings. The first-order chi connectivity index (χ1) is 9.06. The van der Waals surface area contributed by atoms with Crippen LogP contribution >= 0.6 is 0 Å². The molecular formula is C16H28N2O. The fraction of sp³-hybridized carbons (Fsp3) is 0.625. The molecule has 0 bridgehead atoms. The van der Waals surface area contributed by atoms with E-state index < -0.39 is 0 Å². The highest BCUT2D eigenvalue weighted by atomic mass is 16.5. The molecule has 0 aromatic heterocycles. The maximum Gasteiger partial charge on any atom is 0.0644 e. The number of ether oxygens (including phenoxy) is 1. The summed E-state index contributed by atoms with van der Waals surface area (Å²) in [5.74, 6) is 0. The van der Waals surface area contributed by atoms with E-state index in [1.54, 1.807) is 0 Å². The van der Waals surface area contributed by atoms with Gasteiger partial charge >= 0.3 is 0 Å². The highest BCUT2D eigenvalue weighted by Crippen LogP contribution is 2.25. The van der Waals surface area contributed by atoms with Gasteiger partial charge in [-0.15, -0.1) is 0 Å². The summed E-state index contributed by atoms with van der Waals surface area (Å²) in [7, 11) is 2.13. The molecule has 108 valence electrons. The number of likely N-dealkylation sites (N-methyl/N-ethyl adjacent to an activating group) is 1. The van der Waals surface area contributed by atoms with Crippen LogP contribution in [0.2, 0.25) is 0 Å². The number of anilines is 1. The van der Waals surface area contributed by atoms with Gasteiger partial charge in [0.05, 0.1) is 12.7 Å². The molecule has 0 saturated carbocycles. The molecule has 1 N–H and O–H groups in total. The molecular weight excluding hydrogens is 236 g/mol. The molecule has 0 heterocycles. The van der Waals surface area contributed by atoms with Crippen molar-refractivity contribution in [2.45, 2.75) is 39.8 Å². The lowest BCUT2D eigenvalue weighted by Gasteiger charge is -2.25. The van der Waals surface area contributed by atoms with E-state index in [1.807, 2.05) is 0 Å². The van der Waals surface area contributed by atoms with Crippen LogP contribution in [0.25, 0.3) is 0 Å². The molecule has 1 unspecified atom stereocenters. The van der Waals surface area contributed by atoms with Crippen molar-refractivity contribution in [1.82, 2.24) is 5.32 Å². The molecule has 3 heteroatoms. The predicted octanol–water partition coefficient (Wildman–Crippen LogP) is 3.22. The summed E-state index contributed by atoms with van der Waals surface area (Å²) in [6, 6.07) is 8.94. The predicted molar refractivity (Wildman–Crippen MR) is 82.9 cm³/mol. The molecule has 0 aliphatic rings. The van der Waals surface area contributed by atoms with Gasteiger partial charge < -0.3 is 15.0 Å². The summed E-state index contributed by atoms with van der Waals surface area (Å²) in [6.45, 7) is 11.1. The summed E-state index contributed by atoms with van der Waals surface area (Å²) in [4.78, 5) is 2.27. The SMILES string of the molecule is CCNC(C)c1ccccc1N(C)CCOC(C)C. The van der Waals surface area contributed by atoms with Crippen molar-refractivity contribution in [3.63, 3.8) is 0 Å². The van der Waals surface area contributed by atoms with Crippen LogP contribution in [0.4, 0.5) is 5.69 Å². The summed E-state index contributed by atoms with van der Waals surface area (Å²) >= 11 is 0. The topological polar surface area (TPSA) is 24.5 Å². The maximum atomic E-state index is 5.62. The second kappa shape index (κ2) is 8.18. The molecule has 0 fully saturated rings. The maximum absolute atomic E-state index is 5.62. The zero-order valence-corrected chi connectivity index (χ0v) is 12.9. The van der Waals surface area contributed by atoms with Crippen molar-refractivity contribution in [2.75, 3.05) is 31.6 Å². The van der Waals surface area contributed by atoms with Crippen molar-refractivity contribution in [2.24, 2.45) is 0 Å². The van der Waals surface area contributed by atoms with Crippen molar-refractivity contribution >= 4 is 5.69 Å². The number of nitrogens with one attached hydrogen (secondary N) is 1. The van der Waals surface area contributed by atoms with Gasteiger partial charge in [0, 0.05) is 25.3 Å². The summed E-state index contributed by atoms with van der Waals surface area (Å²) < 4.78 is 5.62. The second-order valence-electron chi connectivity index (χ2n) is 5.18. The van der Waals surface area contributed by atoms with E-state index in [1.165, 1.54) is 11.3 Å². The lowest BCUT2D eigenvalue weighted by molar-refractivity contribution is 0.0846. The highest BCUT2D eigenvalue weighted by Gasteiger charge is 2.12. The van der Waals surface area contributed by atoms with Gasteiger partial charge in [-0.3, -0.25) is 0 Å². The van der Waals surface area contributed by atoms with Gasteiger partial charge in [0.25, 0.3) is 0 Å². The number of nitrogens with zero attached hydrogens (tertiary/aromatic N) is 1. The highest BCUT2D eigenvalue weighted by molar-refractivity contribution is 5.54. The number of para-hydroxylation sites is 1. The standard InChI is InChI=1S/C16H28N2O/c1-6-17-14(4)15-9-7-8-10-16(15)18(5)11-12-19-13(2)3/h7-10,13-14,17H,6,11-12H2,1-5H3. The Kier molecular flexibility index (Phi) is 6.89. The van der Waals surface area contributed by atoms with Crippen molar-refractivity contribution in [1.29, 1.82) is 0 Å². The van der Waals surface area contributed by atoms with Crippen LogP contribution in [0.5, 0.6) is 0 Å². The lowest BCUT2D eigenvalue weighted by Crippen LogP contribution is -2.27. The normalized spacial score (nSPS) is 12.7. The molecule has 0 saturated heterocycles. The number of hydrogen-bond acceptors (Lipinski definition) is 3. The van der Waals surface area contributed by atoms with Crippen LogP contribution < -0.4 is 10.2 Å². The smallest absolute Gasteiger partial charge is 0.0644 e. The first kappa shape index (κ1) is 16.0. The molecule has 1 rings (SSSR count). The Labute approximate surface area is 118 Å². The molecule has 19 heavy (non-hydrogen) atoms. The zero-order chi connectivity index (χ0) is 14.3. The molecule has 1 aromatic carbocycles. The quantitative estimate of drug-likeness (QED) is 0.780. The second-order valence-corrected chi connectivity index (χ2v) is 5.18. The molecule has 0 aliphatic heterocycles. The average molecular weight is 264 g/mol. The van der Waals surface area contributed by atoms with E-state index in [9.17, 15) is 0 Å². The number of rotatable bonds is 8. The fourth-order valence-corrected chi connectivity index (χ4v) is 2.16. The fourth-order valence-electron chi connectivity index (χ4n) is 2.16. The largest absolute Gasteiger partial charge is 0.377 e. The van der Waals surface area contributed by atoms with Crippen LogP contribution in [-0.2, 0) is 4.74 Å². The zero-order valence-electron chi connectivity index (χ0n) is 12.9. The van der Waals surface area contributed by atoms with E-state index in [0.717, 1.165) is 19.7 Å². The van der Waals surface area contributed by atoms with Crippen LogP contribution in [0.1, 0.15) is 39.3 Å². The number of benzene rings is 1. The van der Waals surface area contributed by atoms with E-state index >= 15 is 0 Å². The third-order valence-corrected chi connectivity index (χ3v) is 3.20. The Morgan fingerprint density at radius 1 is 1.21 bits per heavy atom. The molecule has 0 amide bonds. The first-order valence-corrected chi connectivity index (χ1v) is 7.21. The van der Waals surface area contributed by atoms with Crippen LogP contribution in [0, 0.1) is 0 Å². The molecule has 0 radical (unpaired) electrons. The first-order valence-electron chi connectivity index (χ1n) is 7.21. The Hall–Kier alpha value is -1.06. The third kappa shape index (κ3) is 5.21. The van der Waals surface area contributed by atoms with Crippen LogP contribution in [0.3, 0.4) is 0 Å². The molecule has 3 nitrogen and oxygen atoms in total. The van der Waals surface area contributed by atoms with Gasteiger partial charge in [-0.1, -0.05) is 25.1 Å². The van der Waals surface area contributed by atoms with Gasteiger partial charge in [0.1, 0.15) is 0 Å². The Morgan fingerprint density at radius 2 is 1.89 bits per heavy atom. The molecule has 0 spiro atoms. The van der Waals surface area contributed by atoms with E-state index in [4.69, 9.17) is 4.74 Å². The minimum absolute atomic E-state index is 0.296. The monoisotopic (exact) mass is 264 g/mol. The van der Waals surface area contributed by atoms with Gasteiger partial charge in [-0.25, -0.2) is 0 Å².